The van der Waals surface area contributed by atoms with Gasteiger partial charge in [0.2, 0.25) is 0 Å². The van der Waals surface area contributed by atoms with E-state index < -0.39 is 0 Å². The van der Waals surface area contributed by atoms with Crippen LogP contribution in [0.2, 0.25) is 0 Å². The summed E-state index contributed by atoms with van der Waals surface area (Å²) in [7, 11) is 3.22. The lowest BCUT2D eigenvalue weighted by molar-refractivity contribution is 0.0630. The van der Waals surface area contributed by atoms with E-state index in [9.17, 15) is 4.79 Å². The molecule has 0 saturated carbocycles. The number of rotatable bonds is 4. The van der Waals surface area contributed by atoms with E-state index in [1.807, 2.05) is 28.5 Å². The van der Waals surface area contributed by atoms with Crippen LogP contribution in [0.1, 0.15) is 36.7 Å². The van der Waals surface area contributed by atoms with Crippen LogP contribution in [0.4, 0.5) is 0 Å². The molecule has 24 heavy (non-hydrogen) atoms. The summed E-state index contributed by atoms with van der Waals surface area (Å²) in [5.41, 5.74) is 1.45. The predicted molar refractivity (Wildman–Crippen MR) is 95.0 cm³/mol. The molecule has 1 unspecified atom stereocenters. The van der Waals surface area contributed by atoms with Crippen molar-refractivity contribution in [3.8, 4) is 22.1 Å². The van der Waals surface area contributed by atoms with Gasteiger partial charge in [-0.3, -0.25) is 4.79 Å². The minimum atomic E-state index is 0.0326. The molecule has 0 aliphatic carbocycles. The van der Waals surface area contributed by atoms with Crippen molar-refractivity contribution in [3.63, 3.8) is 0 Å². The van der Waals surface area contributed by atoms with E-state index in [2.05, 4.69) is 11.9 Å². The Kier molecular flexibility index (Phi) is 5.04. The molecule has 0 spiro atoms. The van der Waals surface area contributed by atoms with E-state index in [1.165, 1.54) is 17.8 Å². The van der Waals surface area contributed by atoms with Crippen molar-refractivity contribution < 1.29 is 14.3 Å². The quantitative estimate of drug-likeness (QED) is 0.844. The highest BCUT2D eigenvalue weighted by Crippen LogP contribution is 2.33. The number of aromatic nitrogens is 1. The van der Waals surface area contributed by atoms with Gasteiger partial charge in [-0.05, 0) is 44.4 Å². The van der Waals surface area contributed by atoms with Crippen LogP contribution >= 0.6 is 11.3 Å². The number of likely N-dealkylation sites (tertiary alicyclic amines) is 1. The normalized spacial score (nSPS) is 17.6. The third-order valence-corrected chi connectivity index (χ3v) is 5.31. The van der Waals surface area contributed by atoms with Gasteiger partial charge in [0.15, 0.2) is 11.5 Å². The maximum absolute atomic E-state index is 12.7. The van der Waals surface area contributed by atoms with Crippen LogP contribution in [0.15, 0.2) is 23.6 Å². The fourth-order valence-electron chi connectivity index (χ4n) is 3.02. The molecule has 5 nitrogen and oxygen atoms in total. The SMILES string of the molecule is COc1ccc(-c2nc(C(=O)N3CCCCC3C)cs2)cc1OC. The van der Waals surface area contributed by atoms with Gasteiger partial charge in [0.05, 0.1) is 14.2 Å². The molecule has 128 valence electrons. The van der Waals surface area contributed by atoms with Gasteiger partial charge in [-0.25, -0.2) is 4.98 Å². The van der Waals surface area contributed by atoms with Crippen molar-refractivity contribution >= 4 is 17.2 Å². The van der Waals surface area contributed by atoms with Crippen LogP contribution < -0.4 is 9.47 Å². The first-order valence-corrected chi connectivity index (χ1v) is 9.01. The molecule has 1 aromatic heterocycles. The second-order valence-corrected chi connectivity index (χ2v) is 6.81. The van der Waals surface area contributed by atoms with Crippen molar-refractivity contribution in [2.24, 2.45) is 0 Å². The Morgan fingerprint density at radius 2 is 2.04 bits per heavy atom. The highest BCUT2D eigenvalue weighted by molar-refractivity contribution is 7.13. The standard InChI is InChI=1S/C18H22N2O3S/c1-12-6-4-5-9-20(12)18(21)14-11-24-17(19-14)13-7-8-15(22-2)16(10-13)23-3/h7-8,10-12H,4-6,9H2,1-3H3. The predicted octanol–water partition coefficient (Wildman–Crippen LogP) is 3.84. The van der Waals surface area contributed by atoms with Gasteiger partial charge in [-0.15, -0.1) is 11.3 Å². The molecular formula is C18H22N2O3S. The third kappa shape index (κ3) is 3.24. The van der Waals surface area contributed by atoms with Gasteiger partial charge >= 0.3 is 0 Å². The monoisotopic (exact) mass is 346 g/mol. The summed E-state index contributed by atoms with van der Waals surface area (Å²) >= 11 is 1.47. The molecule has 3 rings (SSSR count). The Morgan fingerprint density at radius 3 is 2.75 bits per heavy atom. The number of thiazole rings is 1. The lowest BCUT2D eigenvalue weighted by Crippen LogP contribution is -2.42. The molecule has 2 aromatic rings. The molecule has 1 aliphatic heterocycles. The molecule has 0 bridgehead atoms. The summed E-state index contributed by atoms with van der Waals surface area (Å²) in [4.78, 5) is 19.2. The van der Waals surface area contributed by atoms with E-state index in [0.29, 0.717) is 17.2 Å². The fraction of sp³-hybridized carbons (Fsp3) is 0.444. The molecular weight excluding hydrogens is 324 g/mol. The molecule has 0 N–H and O–H groups in total. The highest BCUT2D eigenvalue weighted by atomic mass is 32.1. The second kappa shape index (κ2) is 7.21. The van der Waals surface area contributed by atoms with Gasteiger partial charge in [0.25, 0.3) is 5.91 Å². The third-order valence-electron chi connectivity index (χ3n) is 4.42. The van der Waals surface area contributed by atoms with Crippen molar-refractivity contribution in [3.05, 3.63) is 29.3 Å². The Hall–Kier alpha value is -2.08. The molecule has 1 amide bonds. The summed E-state index contributed by atoms with van der Waals surface area (Å²) < 4.78 is 10.6. The van der Waals surface area contributed by atoms with Gasteiger partial charge in [0.1, 0.15) is 10.7 Å². The number of nitrogens with zero attached hydrogens (tertiary/aromatic N) is 2. The van der Waals surface area contributed by atoms with E-state index in [0.717, 1.165) is 30.0 Å². The van der Waals surface area contributed by atoms with Crippen molar-refractivity contribution in [1.29, 1.82) is 0 Å². The molecule has 0 radical (unpaired) electrons. The summed E-state index contributed by atoms with van der Waals surface area (Å²) in [6.45, 7) is 2.93. The minimum Gasteiger partial charge on any atom is -0.493 e. The second-order valence-electron chi connectivity index (χ2n) is 5.95. The van der Waals surface area contributed by atoms with E-state index >= 15 is 0 Å². The smallest absolute Gasteiger partial charge is 0.273 e. The number of methoxy groups -OCH3 is 2. The number of benzene rings is 1. The molecule has 2 heterocycles. The first-order valence-electron chi connectivity index (χ1n) is 8.13. The molecule has 1 aliphatic rings. The Bertz CT molecular complexity index is 729. The summed E-state index contributed by atoms with van der Waals surface area (Å²) in [6.07, 6.45) is 3.33. The molecule has 1 aromatic carbocycles. The Labute approximate surface area is 146 Å². The van der Waals surface area contributed by atoms with Gasteiger partial charge in [-0.2, -0.15) is 0 Å². The van der Waals surface area contributed by atoms with E-state index in [4.69, 9.17) is 9.47 Å². The van der Waals surface area contributed by atoms with Gasteiger partial charge < -0.3 is 14.4 Å². The van der Waals surface area contributed by atoms with Crippen LogP contribution in [0, 0.1) is 0 Å². The number of ether oxygens (including phenoxy) is 2. The molecule has 1 saturated heterocycles. The molecule has 1 atom stereocenters. The summed E-state index contributed by atoms with van der Waals surface area (Å²) in [5, 5.41) is 2.65. The van der Waals surface area contributed by atoms with E-state index in [1.54, 1.807) is 14.2 Å². The highest BCUT2D eigenvalue weighted by Gasteiger charge is 2.26. The van der Waals surface area contributed by atoms with Crippen LogP contribution in [0.3, 0.4) is 0 Å². The Morgan fingerprint density at radius 1 is 1.25 bits per heavy atom. The zero-order valence-corrected chi connectivity index (χ0v) is 15.1. The average molecular weight is 346 g/mol. The Balaban J connectivity index is 1.84. The van der Waals surface area contributed by atoms with Crippen LogP contribution in [0.5, 0.6) is 11.5 Å². The summed E-state index contributed by atoms with van der Waals surface area (Å²) in [5.74, 6) is 1.36. The number of amides is 1. The number of hydrogen-bond acceptors (Lipinski definition) is 5. The summed E-state index contributed by atoms with van der Waals surface area (Å²) in [6, 6.07) is 5.95. The van der Waals surface area contributed by atoms with Gasteiger partial charge in [0, 0.05) is 23.5 Å². The molecule has 6 heteroatoms. The lowest BCUT2D eigenvalue weighted by Gasteiger charge is -2.32. The van der Waals surface area contributed by atoms with Crippen LogP contribution in [-0.4, -0.2) is 42.6 Å². The largest absolute Gasteiger partial charge is 0.493 e. The van der Waals surface area contributed by atoms with Crippen molar-refractivity contribution in [2.45, 2.75) is 32.2 Å². The average Bonchev–Trinajstić information content (AvgIpc) is 3.11. The maximum atomic E-state index is 12.7. The van der Waals surface area contributed by atoms with Crippen LogP contribution in [-0.2, 0) is 0 Å². The fourth-order valence-corrected chi connectivity index (χ4v) is 3.81. The number of piperidine rings is 1. The first kappa shape index (κ1) is 16.8. The van der Waals surface area contributed by atoms with Crippen molar-refractivity contribution in [2.75, 3.05) is 20.8 Å². The van der Waals surface area contributed by atoms with Crippen LogP contribution in [0.25, 0.3) is 10.6 Å². The zero-order chi connectivity index (χ0) is 17.1. The maximum Gasteiger partial charge on any atom is 0.273 e. The number of hydrogen-bond donors (Lipinski definition) is 0. The number of carbonyl (C=O) groups is 1. The van der Waals surface area contributed by atoms with Crippen molar-refractivity contribution in [1.82, 2.24) is 9.88 Å². The topological polar surface area (TPSA) is 51.7 Å². The lowest BCUT2D eigenvalue weighted by atomic mass is 10.0. The minimum absolute atomic E-state index is 0.0326. The van der Waals surface area contributed by atoms with E-state index in [-0.39, 0.29) is 11.9 Å². The number of carbonyl (C=O) groups excluding carboxylic acids is 1. The van der Waals surface area contributed by atoms with Gasteiger partial charge in [-0.1, -0.05) is 0 Å². The zero-order valence-electron chi connectivity index (χ0n) is 14.2. The first-order chi connectivity index (χ1) is 11.6. The molecule has 1 fully saturated rings.